The van der Waals surface area contributed by atoms with Crippen LogP contribution in [0.1, 0.15) is 25.3 Å². The molecule has 0 saturated heterocycles. The van der Waals surface area contributed by atoms with E-state index in [1.807, 2.05) is 6.92 Å². The molecule has 1 fully saturated rings. The van der Waals surface area contributed by atoms with Crippen molar-refractivity contribution in [3.63, 3.8) is 0 Å². The monoisotopic (exact) mass is 564 g/mol. The molecule has 0 aliphatic heterocycles. The number of hydrogen-bond donors (Lipinski definition) is 2. The molecule has 13 heteroatoms. The van der Waals surface area contributed by atoms with Gasteiger partial charge in [0.2, 0.25) is 17.7 Å². The highest BCUT2D eigenvalue weighted by atomic mass is 19.1. The fourth-order valence-corrected chi connectivity index (χ4v) is 4.17. The number of carbonyl (C=O) groups excluding carboxylic acids is 2. The minimum atomic E-state index is -1.33. The Balaban J connectivity index is 1.28. The number of aryl methyl sites for hydroxylation is 1. The highest BCUT2D eigenvalue weighted by molar-refractivity contribution is 6.16. The van der Waals surface area contributed by atoms with Crippen LogP contribution in [0.25, 0.3) is 5.52 Å². The van der Waals surface area contributed by atoms with Gasteiger partial charge in [-0.15, -0.1) is 0 Å². The van der Waals surface area contributed by atoms with Gasteiger partial charge in [0, 0.05) is 17.3 Å². The normalized spacial score (nSPS) is 13.9. The summed E-state index contributed by atoms with van der Waals surface area (Å²) in [5.41, 5.74) is 0.762. The number of hydrogen-bond acceptors (Lipinski definition) is 8. The van der Waals surface area contributed by atoms with Crippen LogP contribution < -0.4 is 20.1 Å². The number of oxime groups is 1. The Kier molecular flexibility index (Phi) is 7.51. The van der Waals surface area contributed by atoms with E-state index in [9.17, 15) is 14.0 Å². The third-order valence-electron chi connectivity index (χ3n) is 6.56. The summed E-state index contributed by atoms with van der Waals surface area (Å²) in [4.78, 5) is 34.7. The van der Waals surface area contributed by atoms with Gasteiger partial charge < -0.3 is 24.9 Å². The van der Waals surface area contributed by atoms with Gasteiger partial charge in [-0.25, -0.2) is 13.3 Å². The van der Waals surface area contributed by atoms with Crippen LogP contribution in [0.4, 0.5) is 20.2 Å². The number of anilines is 2. The number of amides is 2. The topological polar surface area (TPSA) is 128 Å². The molecular weight excluding hydrogens is 538 g/mol. The number of halogens is 2. The van der Waals surface area contributed by atoms with Crippen molar-refractivity contribution >= 4 is 34.4 Å². The van der Waals surface area contributed by atoms with E-state index in [1.54, 1.807) is 13.1 Å². The second kappa shape index (κ2) is 11.2. The number of rotatable bonds is 10. The Morgan fingerprint density at radius 3 is 2.51 bits per heavy atom. The Bertz CT molecular complexity index is 1650. The van der Waals surface area contributed by atoms with E-state index in [2.05, 4.69) is 25.9 Å². The fraction of sp³-hybridized carbons (Fsp3) is 0.250. The van der Waals surface area contributed by atoms with E-state index >= 15 is 4.39 Å². The molecule has 0 unspecified atom stereocenters. The van der Waals surface area contributed by atoms with Gasteiger partial charge in [-0.05, 0) is 63.1 Å². The second-order valence-electron chi connectivity index (χ2n) is 9.52. The van der Waals surface area contributed by atoms with Crippen molar-refractivity contribution in [1.29, 1.82) is 0 Å². The van der Waals surface area contributed by atoms with E-state index < -0.39 is 28.9 Å². The molecule has 1 aliphatic rings. The van der Waals surface area contributed by atoms with E-state index in [0.29, 0.717) is 41.1 Å². The van der Waals surface area contributed by atoms with Gasteiger partial charge >= 0.3 is 0 Å². The zero-order valence-corrected chi connectivity index (χ0v) is 22.4. The summed E-state index contributed by atoms with van der Waals surface area (Å²) >= 11 is 0. The molecule has 2 heterocycles. The number of carbonyl (C=O) groups is 2. The minimum absolute atomic E-state index is 0.112. The highest BCUT2D eigenvalue weighted by Gasteiger charge is 2.56. The Morgan fingerprint density at radius 1 is 1.10 bits per heavy atom. The number of nitrogens with one attached hydrogen (secondary N) is 2. The first-order valence-corrected chi connectivity index (χ1v) is 12.6. The molecule has 0 spiro atoms. The molecule has 0 bridgehead atoms. The molecule has 41 heavy (non-hydrogen) atoms. The zero-order valence-electron chi connectivity index (χ0n) is 22.4. The maximum absolute atomic E-state index is 15.0. The predicted molar refractivity (Wildman–Crippen MR) is 145 cm³/mol. The van der Waals surface area contributed by atoms with Gasteiger partial charge in [0.25, 0.3) is 0 Å². The summed E-state index contributed by atoms with van der Waals surface area (Å²) in [7, 11) is 1.45. The quantitative estimate of drug-likeness (QED) is 0.160. The van der Waals surface area contributed by atoms with E-state index in [4.69, 9.17) is 14.3 Å². The molecule has 2 N–H and O–H groups in total. The lowest BCUT2D eigenvalue weighted by molar-refractivity contribution is -0.131. The Hall–Kier alpha value is -5.07. The molecule has 0 atom stereocenters. The van der Waals surface area contributed by atoms with Crippen molar-refractivity contribution in [3.05, 3.63) is 72.2 Å². The number of fused-ring (bicyclic) bond motifs is 1. The van der Waals surface area contributed by atoms with Crippen LogP contribution >= 0.6 is 0 Å². The Morgan fingerprint density at radius 2 is 1.83 bits per heavy atom. The number of aromatic nitrogens is 3. The molecule has 2 aromatic carbocycles. The molecule has 11 nitrogen and oxygen atoms in total. The smallest absolute Gasteiger partial charge is 0.247 e. The third kappa shape index (κ3) is 5.78. The predicted octanol–water partition coefficient (Wildman–Crippen LogP) is 4.87. The lowest BCUT2D eigenvalue weighted by Gasteiger charge is -2.16. The van der Waals surface area contributed by atoms with Gasteiger partial charge in [0.1, 0.15) is 54.1 Å². The zero-order chi connectivity index (χ0) is 29.1. The number of nitrogens with zero attached hydrogens (tertiary/aromatic N) is 4. The van der Waals surface area contributed by atoms with Crippen molar-refractivity contribution in [1.82, 2.24) is 14.6 Å². The van der Waals surface area contributed by atoms with Gasteiger partial charge in [0.15, 0.2) is 0 Å². The summed E-state index contributed by atoms with van der Waals surface area (Å²) in [6.45, 7) is 3.77. The van der Waals surface area contributed by atoms with Crippen LogP contribution in [0, 0.1) is 24.0 Å². The van der Waals surface area contributed by atoms with Crippen LogP contribution in [0.5, 0.6) is 17.4 Å². The molecule has 2 amide bonds. The van der Waals surface area contributed by atoms with Crippen LogP contribution in [0.15, 0.2) is 60.1 Å². The molecule has 1 aliphatic carbocycles. The van der Waals surface area contributed by atoms with Gasteiger partial charge in [0.05, 0.1) is 17.6 Å². The van der Waals surface area contributed by atoms with Crippen LogP contribution in [-0.4, -0.2) is 45.8 Å². The van der Waals surface area contributed by atoms with Crippen LogP contribution in [-0.2, 0) is 14.4 Å². The van der Waals surface area contributed by atoms with Crippen molar-refractivity contribution in [2.75, 3.05) is 24.4 Å². The second-order valence-corrected chi connectivity index (χ2v) is 9.52. The maximum Gasteiger partial charge on any atom is 0.247 e. The summed E-state index contributed by atoms with van der Waals surface area (Å²) < 4.78 is 41.4. The number of ether oxygens (including phenoxy) is 2. The largest absolute Gasteiger partial charge is 0.486 e. The molecule has 2 aromatic heterocycles. The van der Waals surface area contributed by atoms with E-state index in [0.717, 1.165) is 6.07 Å². The number of benzene rings is 2. The van der Waals surface area contributed by atoms with Crippen molar-refractivity contribution < 1.29 is 32.7 Å². The standard InChI is InChI=1S/C28H26F2N6O5/c1-16(35-39-3)14-40-23-13-36-24(17(23)2)25(31-15-32-36)41-20-8-9-22(21(30)12-20)34-27(38)28(10-11-28)26(37)33-19-6-4-18(29)5-7-19/h4-9,12-13,15H,10-11,14H2,1-3H3,(H,33,37)(H,34,38)/b35-16+. The highest BCUT2D eigenvalue weighted by Crippen LogP contribution is 2.47. The lowest BCUT2D eigenvalue weighted by Crippen LogP contribution is -2.35. The average molecular weight is 565 g/mol. The van der Waals surface area contributed by atoms with E-state index in [-0.39, 0.29) is 23.9 Å². The Labute approximate surface area is 233 Å². The van der Waals surface area contributed by atoms with Crippen LogP contribution in [0.3, 0.4) is 0 Å². The minimum Gasteiger partial charge on any atom is -0.486 e. The lowest BCUT2D eigenvalue weighted by atomic mass is 10.0. The molecule has 212 valence electrons. The maximum atomic E-state index is 15.0. The molecule has 0 radical (unpaired) electrons. The van der Waals surface area contributed by atoms with E-state index in [1.165, 1.54) is 54.4 Å². The summed E-state index contributed by atoms with van der Waals surface area (Å²) in [5.74, 6) is -1.56. The van der Waals surface area contributed by atoms with Crippen molar-refractivity contribution in [3.8, 4) is 17.4 Å². The first-order valence-electron chi connectivity index (χ1n) is 12.6. The fourth-order valence-electron chi connectivity index (χ4n) is 4.17. The third-order valence-corrected chi connectivity index (χ3v) is 6.56. The molecule has 5 rings (SSSR count). The van der Waals surface area contributed by atoms with Crippen molar-refractivity contribution in [2.45, 2.75) is 26.7 Å². The van der Waals surface area contributed by atoms with Crippen molar-refractivity contribution in [2.24, 2.45) is 10.6 Å². The molecule has 4 aromatic rings. The molecule has 1 saturated carbocycles. The van der Waals surface area contributed by atoms with Gasteiger partial charge in [-0.1, -0.05) is 5.16 Å². The van der Waals surface area contributed by atoms with Gasteiger partial charge in [-0.3, -0.25) is 9.59 Å². The summed E-state index contributed by atoms with van der Waals surface area (Å²) in [5, 5.41) is 13.1. The summed E-state index contributed by atoms with van der Waals surface area (Å²) in [6, 6.07) is 9.10. The summed E-state index contributed by atoms with van der Waals surface area (Å²) in [6.07, 6.45) is 3.57. The first kappa shape index (κ1) is 27.5. The van der Waals surface area contributed by atoms with Crippen LogP contribution in [0.2, 0.25) is 0 Å². The average Bonchev–Trinajstić information content (AvgIpc) is 3.70. The molecular formula is C28H26F2N6O5. The first-order chi connectivity index (χ1) is 19.7. The van der Waals surface area contributed by atoms with Gasteiger partial charge in [-0.2, -0.15) is 10.1 Å². The SMILES string of the molecule is CO/N=C(\C)COc1cn2ncnc(Oc3ccc(NC(=O)C4(C(=O)Nc5ccc(F)cc5)CC4)c(F)c3)c2c1C.